The number of carboxylic acids is 1. The van der Waals surface area contributed by atoms with Crippen LogP contribution in [0.15, 0.2) is 0 Å². The monoisotopic (exact) mass is 313 g/mol. The van der Waals surface area contributed by atoms with Gasteiger partial charge in [-0.1, -0.05) is 0 Å². The first kappa shape index (κ1) is 19.2. The average molecular weight is 313 g/mol. The number of ether oxygens (including phenoxy) is 1. The van der Waals surface area contributed by atoms with Crippen molar-refractivity contribution in [2.45, 2.75) is 32.9 Å². The van der Waals surface area contributed by atoms with Gasteiger partial charge < -0.3 is 14.7 Å². The van der Waals surface area contributed by atoms with Crippen LogP contribution in [-0.4, -0.2) is 54.2 Å². The highest BCUT2D eigenvalue weighted by molar-refractivity contribution is 5.84. The van der Waals surface area contributed by atoms with E-state index in [-0.39, 0.29) is 0 Å². The lowest BCUT2D eigenvalue weighted by Gasteiger charge is -2.27. The molecule has 0 spiro atoms. The minimum absolute atomic E-state index is 0.397. The number of esters is 1. The average Bonchev–Trinajstić information content (AvgIpc) is 2.31. The Morgan fingerprint density at radius 2 is 1.71 bits per heavy atom. The molecule has 0 atom stereocenters. The Hall–Kier alpha value is -1.80. The van der Waals surface area contributed by atoms with Crippen LogP contribution in [0.25, 0.3) is 0 Å². The zero-order valence-corrected chi connectivity index (χ0v) is 12.0. The van der Waals surface area contributed by atoms with E-state index in [1.807, 2.05) is 0 Å². The summed E-state index contributed by atoms with van der Waals surface area (Å²) >= 11 is 0. The van der Waals surface area contributed by atoms with Crippen LogP contribution >= 0.6 is 0 Å². The van der Waals surface area contributed by atoms with Gasteiger partial charge in [-0.25, -0.2) is 0 Å². The largest absolute Gasteiger partial charge is 0.481 e. The van der Waals surface area contributed by atoms with Crippen LogP contribution in [0, 0.1) is 5.41 Å². The van der Waals surface area contributed by atoms with Gasteiger partial charge in [-0.3, -0.25) is 14.4 Å². The molecule has 0 aliphatic rings. The third-order valence-corrected chi connectivity index (χ3v) is 2.71. The molecule has 0 rings (SSSR count). The highest BCUT2D eigenvalue weighted by Gasteiger charge is 2.37. The van der Waals surface area contributed by atoms with Crippen LogP contribution in [0.2, 0.25) is 0 Å². The molecule has 0 aromatic rings. The number of amides is 1. The van der Waals surface area contributed by atoms with E-state index in [1.54, 1.807) is 0 Å². The first-order valence-electron chi connectivity index (χ1n) is 6.04. The Labute approximate surface area is 119 Å². The van der Waals surface area contributed by atoms with Gasteiger partial charge in [0.15, 0.2) is 0 Å². The topological polar surface area (TPSA) is 83.9 Å². The molecule has 0 unspecified atom stereocenters. The maximum Gasteiger partial charge on any atom is 0.406 e. The Bertz CT molecular complexity index is 406. The summed E-state index contributed by atoms with van der Waals surface area (Å²) < 4.78 is 41.6. The summed E-state index contributed by atoms with van der Waals surface area (Å²) in [6, 6.07) is 0. The van der Waals surface area contributed by atoms with Gasteiger partial charge in [0.25, 0.3) is 0 Å². The van der Waals surface area contributed by atoms with E-state index in [2.05, 4.69) is 4.74 Å². The summed E-state index contributed by atoms with van der Waals surface area (Å²) in [4.78, 5) is 34.1. The summed E-state index contributed by atoms with van der Waals surface area (Å²) in [7, 11) is 1.08. The van der Waals surface area contributed by atoms with Crippen LogP contribution in [0.4, 0.5) is 13.2 Å². The van der Waals surface area contributed by atoms with Gasteiger partial charge in [-0.2, -0.15) is 13.2 Å². The van der Waals surface area contributed by atoms with Crippen molar-refractivity contribution in [2.75, 3.05) is 20.2 Å². The SMILES string of the molecule is COC(=O)CCN(CC(F)(F)F)C(=O)CC(C)(C)C(=O)O. The molecule has 0 fully saturated rings. The molecule has 0 aromatic carbocycles. The van der Waals surface area contributed by atoms with Crippen LogP contribution in [0.5, 0.6) is 0 Å². The van der Waals surface area contributed by atoms with E-state index in [1.165, 1.54) is 13.8 Å². The molecular formula is C12H18F3NO5. The molecule has 0 heterocycles. The van der Waals surface area contributed by atoms with Crippen LogP contribution in [0.1, 0.15) is 26.7 Å². The van der Waals surface area contributed by atoms with Crippen LogP contribution in [0.3, 0.4) is 0 Å². The molecule has 6 nitrogen and oxygen atoms in total. The van der Waals surface area contributed by atoms with E-state index in [0.717, 1.165) is 7.11 Å². The molecule has 1 amide bonds. The summed E-state index contributed by atoms with van der Waals surface area (Å²) in [5.74, 6) is -3.04. The minimum atomic E-state index is -4.64. The number of aliphatic carboxylic acids is 1. The predicted molar refractivity (Wildman–Crippen MR) is 65.3 cm³/mol. The van der Waals surface area contributed by atoms with Crippen LogP contribution in [-0.2, 0) is 19.1 Å². The lowest BCUT2D eigenvalue weighted by atomic mass is 9.89. The van der Waals surface area contributed by atoms with Crippen molar-refractivity contribution in [3.63, 3.8) is 0 Å². The molecule has 0 radical (unpaired) electrons. The molecule has 0 aromatic heterocycles. The van der Waals surface area contributed by atoms with Crippen molar-refractivity contribution in [3.8, 4) is 0 Å². The van der Waals surface area contributed by atoms with Crippen molar-refractivity contribution in [3.05, 3.63) is 0 Å². The molecule has 0 bridgehead atoms. The Balaban J connectivity index is 4.90. The number of carbonyl (C=O) groups excluding carboxylic acids is 2. The van der Waals surface area contributed by atoms with Gasteiger partial charge in [0.2, 0.25) is 5.91 Å². The number of carboxylic acid groups (broad SMARTS) is 1. The minimum Gasteiger partial charge on any atom is -0.481 e. The number of alkyl halides is 3. The maximum absolute atomic E-state index is 12.4. The normalized spacial score (nSPS) is 11.9. The van der Waals surface area contributed by atoms with Crippen molar-refractivity contribution in [1.29, 1.82) is 0 Å². The fraction of sp³-hybridized carbons (Fsp3) is 0.750. The zero-order valence-electron chi connectivity index (χ0n) is 12.0. The van der Waals surface area contributed by atoms with Crippen LogP contribution < -0.4 is 0 Å². The molecule has 0 saturated carbocycles. The Kier molecular flexibility index (Phi) is 6.65. The zero-order chi connectivity index (χ0) is 16.8. The van der Waals surface area contributed by atoms with Gasteiger partial charge in [-0.15, -0.1) is 0 Å². The Morgan fingerprint density at radius 1 is 1.19 bits per heavy atom. The molecular weight excluding hydrogens is 295 g/mol. The fourth-order valence-corrected chi connectivity index (χ4v) is 1.40. The number of nitrogens with zero attached hydrogens (tertiary/aromatic N) is 1. The summed E-state index contributed by atoms with van der Waals surface area (Å²) in [5, 5.41) is 8.89. The van der Waals surface area contributed by atoms with Gasteiger partial charge in [0.1, 0.15) is 6.54 Å². The van der Waals surface area contributed by atoms with Crippen molar-refractivity contribution >= 4 is 17.8 Å². The van der Waals surface area contributed by atoms with E-state index >= 15 is 0 Å². The number of rotatable bonds is 7. The summed E-state index contributed by atoms with van der Waals surface area (Å²) in [6.45, 7) is 0.442. The standard InChI is InChI=1S/C12H18F3NO5/c1-11(2,10(19)20)6-8(17)16(7-12(13,14)15)5-4-9(18)21-3/h4-7H2,1-3H3,(H,19,20). The smallest absolute Gasteiger partial charge is 0.406 e. The summed E-state index contributed by atoms with van der Waals surface area (Å²) in [5.41, 5.74) is -1.49. The first-order valence-corrected chi connectivity index (χ1v) is 6.04. The lowest BCUT2D eigenvalue weighted by molar-refractivity contribution is -0.166. The molecule has 0 aliphatic heterocycles. The van der Waals surface area contributed by atoms with Crippen molar-refractivity contribution < 1.29 is 37.4 Å². The van der Waals surface area contributed by atoms with Crippen molar-refractivity contribution in [1.82, 2.24) is 4.90 Å². The number of hydrogen-bond acceptors (Lipinski definition) is 4. The predicted octanol–water partition coefficient (Wildman–Crippen LogP) is 1.44. The van der Waals surface area contributed by atoms with Gasteiger partial charge in [-0.05, 0) is 13.8 Å². The van der Waals surface area contributed by atoms with Crippen molar-refractivity contribution in [2.24, 2.45) is 5.41 Å². The second-order valence-corrected chi connectivity index (χ2v) is 5.12. The second-order valence-electron chi connectivity index (χ2n) is 5.12. The van der Waals surface area contributed by atoms with E-state index in [4.69, 9.17) is 5.11 Å². The highest BCUT2D eigenvalue weighted by Crippen LogP contribution is 2.24. The van der Waals surface area contributed by atoms with E-state index in [0.29, 0.717) is 4.90 Å². The lowest BCUT2D eigenvalue weighted by Crippen LogP contribution is -2.43. The van der Waals surface area contributed by atoms with Gasteiger partial charge >= 0.3 is 18.1 Å². The number of carbonyl (C=O) groups is 3. The molecule has 1 N–H and O–H groups in total. The third kappa shape index (κ3) is 7.52. The van der Waals surface area contributed by atoms with E-state index in [9.17, 15) is 27.6 Å². The number of methoxy groups -OCH3 is 1. The van der Waals surface area contributed by atoms with Gasteiger partial charge in [0, 0.05) is 13.0 Å². The number of hydrogen-bond donors (Lipinski definition) is 1. The first-order chi connectivity index (χ1) is 9.39. The van der Waals surface area contributed by atoms with E-state index < -0.39 is 55.4 Å². The maximum atomic E-state index is 12.4. The molecule has 0 aliphatic carbocycles. The second kappa shape index (κ2) is 7.28. The quantitative estimate of drug-likeness (QED) is 0.719. The summed E-state index contributed by atoms with van der Waals surface area (Å²) in [6.07, 6.45) is -5.63. The third-order valence-electron chi connectivity index (χ3n) is 2.71. The molecule has 122 valence electrons. The molecule has 0 saturated heterocycles. The molecule has 21 heavy (non-hydrogen) atoms. The van der Waals surface area contributed by atoms with Gasteiger partial charge in [0.05, 0.1) is 18.9 Å². The Morgan fingerprint density at radius 3 is 2.10 bits per heavy atom. The number of halogens is 3. The highest BCUT2D eigenvalue weighted by atomic mass is 19.4. The fourth-order valence-electron chi connectivity index (χ4n) is 1.40. The molecule has 9 heteroatoms.